The second-order valence-corrected chi connectivity index (χ2v) is 12.1. The highest BCUT2D eigenvalue weighted by Crippen LogP contribution is 2.49. The van der Waals surface area contributed by atoms with Crippen molar-refractivity contribution >= 4 is 23.2 Å². The van der Waals surface area contributed by atoms with Crippen LogP contribution in [0.5, 0.6) is 0 Å². The highest BCUT2D eigenvalue weighted by molar-refractivity contribution is 7.10. The zero-order chi connectivity index (χ0) is 29.2. The molecule has 10 nitrogen and oxygen atoms in total. The van der Waals surface area contributed by atoms with E-state index in [2.05, 4.69) is 28.3 Å². The van der Waals surface area contributed by atoms with Crippen LogP contribution in [0.2, 0.25) is 0 Å². The van der Waals surface area contributed by atoms with Gasteiger partial charge in [-0.2, -0.15) is 0 Å². The highest BCUT2D eigenvalue weighted by atomic mass is 32.1. The van der Waals surface area contributed by atoms with Crippen molar-refractivity contribution in [2.75, 3.05) is 13.1 Å². The zero-order valence-electron chi connectivity index (χ0n) is 24.1. The fraction of sp³-hybridized carbons (Fsp3) is 0.484. The van der Waals surface area contributed by atoms with E-state index in [1.807, 2.05) is 44.3 Å². The average Bonchev–Trinajstić information content (AvgIpc) is 3.61. The quantitative estimate of drug-likeness (QED) is 0.292. The van der Waals surface area contributed by atoms with Gasteiger partial charge in [-0.3, -0.25) is 9.59 Å². The summed E-state index contributed by atoms with van der Waals surface area (Å²) in [7, 11) is 0. The molecule has 0 radical (unpaired) electrons. The van der Waals surface area contributed by atoms with Crippen LogP contribution in [0.3, 0.4) is 0 Å². The molecule has 4 atom stereocenters. The van der Waals surface area contributed by atoms with Crippen molar-refractivity contribution in [3.63, 3.8) is 0 Å². The standard InChI is InChI=1S/C31H38N6O4S/c1-3-21-26(36(30(39)28(21)38)13-6-11-34-15-9-32-19-34)23-18-24(23)41-29-22(4-2)27(25-8-5-17-42-25)37(31(29)40)14-7-12-35-16-10-33-20-35/h5,8-10,15-17,19-20,23-24,26-27,38H,3-4,6-7,11-14,18H2,1-2H3. The molecule has 0 bridgehead atoms. The molecule has 2 amide bonds. The zero-order valence-corrected chi connectivity index (χ0v) is 24.9. The predicted molar refractivity (Wildman–Crippen MR) is 158 cm³/mol. The van der Waals surface area contributed by atoms with E-state index in [1.165, 1.54) is 0 Å². The Kier molecular flexibility index (Phi) is 8.19. The monoisotopic (exact) mass is 590 g/mol. The van der Waals surface area contributed by atoms with E-state index in [9.17, 15) is 14.7 Å². The molecule has 1 N–H and O–H groups in total. The van der Waals surface area contributed by atoms with Gasteiger partial charge in [0, 0.05) is 72.9 Å². The van der Waals surface area contributed by atoms with Crippen molar-refractivity contribution in [2.24, 2.45) is 5.92 Å². The lowest BCUT2D eigenvalue weighted by molar-refractivity contribution is -0.131. The summed E-state index contributed by atoms with van der Waals surface area (Å²) in [5.74, 6) is 0.0163. The molecule has 4 unspecified atom stereocenters. The van der Waals surface area contributed by atoms with Crippen LogP contribution in [0.15, 0.2) is 77.6 Å². The minimum Gasteiger partial charge on any atom is -0.503 e. The number of hydrogen-bond acceptors (Lipinski definition) is 7. The van der Waals surface area contributed by atoms with Crippen LogP contribution < -0.4 is 0 Å². The van der Waals surface area contributed by atoms with E-state index < -0.39 is 0 Å². The molecule has 1 saturated carbocycles. The average molecular weight is 591 g/mol. The molecule has 0 aromatic carbocycles. The number of hydrogen-bond donors (Lipinski definition) is 1. The molecule has 1 fully saturated rings. The Bertz CT molecular complexity index is 1450. The summed E-state index contributed by atoms with van der Waals surface area (Å²) in [6.07, 6.45) is 14.3. The summed E-state index contributed by atoms with van der Waals surface area (Å²) in [5, 5.41) is 12.8. The second-order valence-electron chi connectivity index (χ2n) is 11.2. The van der Waals surface area contributed by atoms with E-state index in [0.717, 1.165) is 48.4 Å². The normalized spacial score (nSPS) is 24.0. The van der Waals surface area contributed by atoms with Gasteiger partial charge in [0.05, 0.1) is 24.7 Å². The molecule has 222 valence electrons. The minimum absolute atomic E-state index is 0.0377. The molecule has 3 aliphatic rings. The summed E-state index contributed by atoms with van der Waals surface area (Å²) >= 11 is 1.66. The van der Waals surface area contributed by atoms with Crippen molar-refractivity contribution in [1.82, 2.24) is 28.9 Å². The Morgan fingerprint density at radius 1 is 0.929 bits per heavy atom. The summed E-state index contributed by atoms with van der Waals surface area (Å²) in [6, 6.07) is 3.79. The first-order valence-electron chi connectivity index (χ1n) is 14.9. The molecule has 6 rings (SSSR count). The number of rotatable bonds is 14. The van der Waals surface area contributed by atoms with Crippen LogP contribution >= 0.6 is 11.3 Å². The fourth-order valence-corrected chi connectivity index (χ4v) is 7.38. The van der Waals surface area contributed by atoms with Crippen molar-refractivity contribution in [3.05, 3.63) is 82.5 Å². The number of aromatic nitrogens is 4. The first-order valence-corrected chi connectivity index (χ1v) is 15.8. The number of aryl methyl sites for hydroxylation is 2. The van der Waals surface area contributed by atoms with Gasteiger partial charge in [0.1, 0.15) is 6.10 Å². The van der Waals surface area contributed by atoms with Crippen LogP contribution in [0.25, 0.3) is 0 Å². The number of aliphatic hydroxyl groups excluding tert-OH is 1. The van der Waals surface area contributed by atoms with E-state index in [4.69, 9.17) is 4.74 Å². The lowest BCUT2D eigenvalue weighted by Crippen LogP contribution is -2.39. The molecule has 42 heavy (non-hydrogen) atoms. The molecule has 3 aromatic rings. The predicted octanol–water partition coefficient (Wildman–Crippen LogP) is 4.71. The highest BCUT2D eigenvalue weighted by Gasteiger charge is 2.55. The van der Waals surface area contributed by atoms with E-state index in [0.29, 0.717) is 31.7 Å². The summed E-state index contributed by atoms with van der Waals surface area (Å²) in [6.45, 7) is 6.73. The van der Waals surface area contributed by atoms with Gasteiger partial charge in [0.15, 0.2) is 11.5 Å². The van der Waals surface area contributed by atoms with Gasteiger partial charge >= 0.3 is 0 Å². The molecular weight excluding hydrogens is 552 g/mol. The van der Waals surface area contributed by atoms with Crippen molar-refractivity contribution < 1.29 is 19.4 Å². The fourth-order valence-electron chi connectivity index (χ4n) is 6.51. The number of carbonyl (C=O) groups is 2. The minimum atomic E-state index is -0.305. The number of nitrogens with zero attached hydrogens (tertiary/aromatic N) is 6. The van der Waals surface area contributed by atoms with Crippen LogP contribution in [-0.2, 0) is 27.4 Å². The van der Waals surface area contributed by atoms with Crippen LogP contribution in [0.1, 0.15) is 56.9 Å². The van der Waals surface area contributed by atoms with E-state index >= 15 is 0 Å². The first-order chi connectivity index (χ1) is 20.5. The molecular formula is C31H38N6O4S. The van der Waals surface area contributed by atoms with Crippen molar-refractivity contribution in [2.45, 2.75) is 77.2 Å². The molecule has 11 heteroatoms. The SMILES string of the molecule is CCC1=C(OC2CC2C2C(CC)=C(O)C(=O)N2CCCn2ccnc2)C(=O)N(CCCn2ccnc2)C1c1cccs1. The number of imidazole rings is 2. The number of aliphatic hydroxyl groups is 1. The van der Waals surface area contributed by atoms with Gasteiger partial charge in [0.25, 0.3) is 11.8 Å². The Morgan fingerprint density at radius 2 is 1.60 bits per heavy atom. The lowest BCUT2D eigenvalue weighted by Gasteiger charge is -2.27. The smallest absolute Gasteiger partial charge is 0.289 e. The lowest BCUT2D eigenvalue weighted by atomic mass is 10.0. The van der Waals surface area contributed by atoms with Gasteiger partial charge in [-0.15, -0.1) is 11.3 Å². The van der Waals surface area contributed by atoms with Gasteiger partial charge < -0.3 is 28.8 Å². The molecule has 2 aliphatic heterocycles. The van der Waals surface area contributed by atoms with E-state index in [-0.39, 0.29) is 41.7 Å². The van der Waals surface area contributed by atoms with Crippen molar-refractivity contribution in [1.29, 1.82) is 0 Å². The first kappa shape index (κ1) is 28.3. The largest absolute Gasteiger partial charge is 0.503 e. The third-order valence-corrected chi connectivity index (χ3v) is 9.55. The maximum absolute atomic E-state index is 13.9. The van der Waals surface area contributed by atoms with Gasteiger partial charge in [-0.1, -0.05) is 19.9 Å². The third-order valence-electron chi connectivity index (χ3n) is 8.63. The Labute approximate surface area is 249 Å². The van der Waals surface area contributed by atoms with Crippen LogP contribution in [-0.4, -0.2) is 71.1 Å². The van der Waals surface area contributed by atoms with Gasteiger partial charge in [-0.25, -0.2) is 9.97 Å². The third kappa shape index (κ3) is 5.37. The maximum Gasteiger partial charge on any atom is 0.289 e. The molecule has 3 aromatic heterocycles. The Morgan fingerprint density at radius 3 is 2.17 bits per heavy atom. The summed E-state index contributed by atoms with van der Waals surface area (Å²) < 4.78 is 10.6. The number of ether oxygens (including phenoxy) is 1. The van der Waals surface area contributed by atoms with Gasteiger partial charge in [-0.05, 0) is 43.6 Å². The maximum atomic E-state index is 13.9. The molecule has 5 heterocycles. The Hall–Kier alpha value is -3.86. The molecule has 0 saturated heterocycles. The van der Waals surface area contributed by atoms with Crippen molar-refractivity contribution in [3.8, 4) is 0 Å². The van der Waals surface area contributed by atoms with E-state index in [1.54, 1.807) is 36.4 Å². The van der Waals surface area contributed by atoms with Crippen LogP contribution in [0.4, 0.5) is 0 Å². The number of thiophene rings is 1. The Balaban J connectivity index is 1.17. The topological polar surface area (TPSA) is 106 Å². The molecule has 1 aliphatic carbocycles. The number of carbonyl (C=O) groups excluding carboxylic acids is 2. The van der Waals surface area contributed by atoms with Gasteiger partial charge in [0.2, 0.25) is 0 Å². The summed E-state index contributed by atoms with van der Waals surface area (Å²) in [4.78, 5) is 40.1. The number of amides is 2. The van der Waals surface area contributed by atoms with Crippen LogP contribution in [0, 0.1) is 5.92 Å². The molecule has 0 spiro atoms. The second kappa shape index (κ2) is 12.2. The summed E-state index contributed by atoms with van der Waals surface area (Å²) in [5.41, 5.74) is 1.79.